The van der Waals surface area contributed by atoms with Crippen LogP contribution in [0.25, 0.3) is 22.4 Å². The zero-order valence-electron chi connectivity index (χ0n) is 15.1. The SMILES string of the molecule is [2H]c1ccc2c(c1)-c1ccc(C)c(-c3cccc[n+]3C)c1C2(C)C. The lowest BCUT2D eigenvalue weighted by atomic mass is 9.78. The third kappa shape index (κ3) is 1.89. The molecular weight excluding hydrogens is 278 g/mol. The van der Waals surface area contributed by atoms with Crippen LogP contribution in [-0.4, -0.2) is 0 Å². The van der Waals surface area contributed by atoms with Crippen molar-refractivity contribution in [3.05, 3.63) is 77.5 Å². The maximum Gasteiger partial charge on any atom is 0.212 e. The van der Waals surface area contributed by atoms with Gasteiger partial charge >= 0.3 is 0 Å². The molecule has 3 aromatic rings. The van der Waals surface area contributed by atoms with Crippen molar-refractivity contribution in [3.8, 4) is 22.4 Å². The molecule has 0 spiro atoms. The minimum atomic E-state index is -0.0669. The summed E-state index contributed by atoms with van der Waals surface area (Å²) in [7, 11) is 2.10. The normalized spacial score (nSPS) is 15.0. The lowest BCUT2D eigenvalue weighted by Gasteiger charge is -2.24. The fourth-order valence-electron chi connectivity index (χ4n) is 4.03. The Balaban J connectivity index is 2.11. The predicted molar refractivity (Wildman–Crippen MR) is 95.4 cm³/mol. The lowest BCUT2D eigenvalue weighted by Crippen LogP contribution is -2.31. The first-order chi connectivity index (χ1) is 11.4. The maximum absolute atomic E-state index is 8.02. The van der Waals surface area contributed by atoms with Gasteiger partial charge in [0.05, 0.1) is 6.93 Å². The van der Waals surface area contributed by atoms with Crippen molar-refractivity contribution in [1.29, 1.82) is 0 Å². The van der Waals surface area contributed by atoms with Gasteiger partial charge in [-0.15, -0.1) is 0 Å². The summed E-state index contributed by atoms with van der Waals surface area (Å²) in [5, 5.41) is 0. The van der Waals surface area contributed by atoms with Crippen molar-refractivity contribution >= 4 is 0 Å². The Morgan fingerprint density at radius 1 is 0.957 bits per heavy atom. The van der Waals surface area contributed by atoms with Crippen LogP contribution >= 0.6 is 0 Å². The van der Waals surface area contributed by atoms with Crippen LogP contribution in [0.3, 0.4) is 0 Å². The van der Waals surface area contributed by atoms with Crippen LogP contribution in [0, 0.1) is 6.92 Å². The zero-order chi connectivity index (χ0) is 17.1. The first kappa shape index (κ1) is 13.1. The van der Waals surface area contributed by atoms with E-state index in [0.717, 1.165) is 0 Å². The highest BCUT2D eigenvalue weighted by Gasteiger charge is 2.39. The van der Waals surface area contributed by atoms with Crippen molar-refractivity contribution in [3.63, 3.8) is 0 Å². The standard InChI is InChI=1S/C22H22N/c1-15-12-13-17-16-9-5-6-10-18(16)22(2,3)21(17)20(15)19-11-7-8-14-23(19)4/h5-14H,1-4H3/q+1/i5D. The monoisotopic (exact) mass is 301 g/mol. The van der Waals surface area contributed by atoms with E-state index in [-0.39, 0.29) is 5.41 Å². The smallest absolute Gasteiger partial charge is 0.201 e. The molecule has 0 saturated heterocycles. The van der Waals surface area contributed by atoms with Gasteiger partial charge in [0.15, 0.2) is 6.20 Å². The molecule has 0 fully saturated rings. The number of rotatable bonds is 1. The van der Waals surface area contributed by atoms with Gasteiger partial charge in [-0.1, -0.05) is 50.2 Å². The van der Waals surface area contributed by atoms with Gasteiger partial charge in [0, 0.05) is 17.5 Å². The largest absolute Gasteiger partial charge is 0.212 e. The van der Waals surface area contributed by atoms with E-state index in [0.29, 0.717) is 6.04 Å². The van der Waals surface area contributed by atoms with Crippen LogP contribution in [0.15, 0.2) is 60.8 Å². The molecule has 1 heteroatoms. The molecule has 1 aliphatic carbocycles. The number of hydrogen-bond acceptors (Lipinski definition) is 0. The van der Waals surface area contributed by atoms with Gasteiger partial charge in [0.2, 0.25) is 5.69 Å². The summed E-state index contributed by atoms with van der Waals surface area (Å²) in [5.41, 5.74) is 8.96. The fraction of sp³-hybridized carbons (Fsp3) is 0.227. The Hall–Kier alpha value is -2.41. The average molecular weight is 301 g/mol. The zero-order valence-corrected chi connectivity index (χ0v) is 14.1. The lowest BCUT2D eigenvalue weighted by molar-refractivity contribution is -0.660. The number of hydrogen-bond donors (Lipinski definition) is 0. The highest BCUT2D eigenvalue weighted by atomic mass is 14.9. The van der Waals surface area contributed by atoms with E-state index >= 15 is 0 Å². The molecule has 0 saturated carbocycles. The molecule has 2 aromatic carbocycles. The second-order valence-corrected chi connectivity index (χ2v) is 6.97. The number of pyridine rings is 1. The van der Waals surface area contributed by atoms with Gasteiger partial charge in [0.1, 0.15) is 7.05 Å². The second-order valence-electron chi connectivity index (χ2n) is 6.97. The van der Waals surface area contributed by atoms with Crippen LogP contribution in [0.5, 0.6) is 0 Å². The Morgan fingerprint density at radius 3 is 2.57 bits per heavy atom. The van der Waals surface area contributed by atoms with Crippen LogP contribution in [-0.2, 0) is 12.5 Å². The van der Waals surface area contributed by atoms with Crippen LogP contribution in [0.2, 0.25) is 0 Å². The Labute approximate surface area is 139 Å². The number of aromatic nitrogens is 1. The van der Waals surface area contributed by atoms with Crippen LogP contribution < -0.4 is 4.57 Å². The number of nitrogens with zero attached hydrogens (tertiary/aromatic N) is 1. The van der Waals surface area contributed by atoms with Crippen molar-refractivity contribution < 1.29 is 5.94 Å². The van der Waals surface area contributed by atoms with Gasteiger partial charge in [-0.05, 0) is 40.8 Å². The molecule has 0 radical (unpaired) electrons. The molecule has 0 aliphatic heterocycles. The third-order valence-corrected chi connectivity index (χ3v) is 5.18. The van der Waals surface area contributed by atoms with Crippen molar-refractivity contribution in [2.45, 2.75) is 26.2 Å². The highest BCUT2D eigenvalue weighted by Crippen LogP contribution is 2.52. The Morgan fingerprint density at radius 2 is 1.78 bits per heavy atom. The molecule has 4 rings (SSSR count). The van der Waals surface area contributed by atoms with Gasteiger partial charge in [-0.2, -0.15) is 0 Å². The van der Waals surface area contributed by atoms with E-state index in [2.05, 4.69) is 75.0 Å². The molecule has 0 amide bonds. The van der Waals surface area contributed by atoms with Gasteiger partial charge < -0.3 is 0 Å². The van der Waals surface area contributed by atoms with Crippen molar-refractivity contribution in [1.82, 2.24) is 0 Å². The summed E-state index contributed by atoms with van der Waals surface area (Å²) in [4.78, 5) is 0. The first-order valence-corrected chi connectivity index (χ1v) is 8.12. The molecule has 1 aromatic heterocycles. The summed E-state index contributed by atoms with van der Waals surface area (Å²) in [5.74, 6) is 0. The molecule has 1 aliphatic rings. The molecule has 0 atom stereocenters. The molecule has 0 unspecified atom stereocenters. The number of benzene rings is 2. The summed E-state index contributed by atoms with van der Waals surface area (Å²) >= 11 is 0. The Bertz CT molecular complexity index is 970. The fourth-order valence-corrected chi connectivity index (χ4v) is 4.03. The van der Waals surface area contributed by atoms with Gasteiger partial charge in [-0.25, -0.2) is 4.57 Å². The molecule has 23 heavy (non-hydrogen) atoms. The molecule has 114 valence electrons. The van der Waals surface area contributed by atoms with Gasteiger partial charge in [0.25, 0.3) is 0 Å². The second kappa shape index (κ2) is 4.79. The van der Waals surface area contributed by atoms with E-state index in [1.54, 1.807) is 0 Å². The van der Waals surface area contributed by atoms with E-state index in [1.165, 1.54) is 39.1 Å². The Kier molecular flexibility index (Phi) is 2.72. The first-order valence-electron chi connectivity index (χ1n) is 8.62. The number of aryl methyl sites for hydroxylation is 2. The van der Waals surface area contributed by atoms with E-state index in [9.17, 15) is 0 Å². The van der Waals surface area contributed by atoms with E-state index in [4.69, 9.17) is 1.37 Å². The van der Waals surface area contributed by atoms with E-state index in [1.807, 2.05) is 12.1 Å². The molecular formula is C22H22N+. The summed E-state index contributed by atoms with van der Waals surface area (Å²) in [6, 6.07) is 17.4. The van der Waals surface area contributed by atoms with Gasteiger partial charge in [-0.3, -0.25) is 0 Å². The molecule has 1 heterocycles. The highest BCUT2D eigenvalue weighted by molar-refractivity contribution is 5.88. The minimum Gasteiger partial charge on any atom is -0.201 e. The summed E-state index contributed by atoms with van der Waals surface area (Å²) < 4.78 is 10.2. The summed E-state index contributed by atoms with van der Waals surface area (Å²) in [6.07, 6.45) is 2.10. The quantitative estimate of drug-likeness (QED) is 0.569. The van der Waals surface area contributed by atoms with Crippen molar-refractivity contribution in [2.24, 2.45) is 7.05 Å². The maximum atomic E-state index is 8.02. The third-order valence-electron chi connectivity index (χ3n) is 5.18. The molecule has 0 bridgehead atoms. The topological polar surface area (TPSA) is 3.88 Å². The minimum absolute atomic E-state index is 0.0669. The van der Waals surface area contributed by atoms with E-state index < -0.39 is 0 Å². The van der Waals surface area contributed by atoms with Crippen LogP contribution in [0.4, 0.5) is 0 Å². The average Bonchev–Trinajstić information content (AvgIpc) is 2.76. The van der Waals surface area contributed by atoms with Crippen molar-refractivity contribution in [2.75, 3.05) is 0 Å². The predicted octanol–water partition coefficient (Wildman–Crippen LogP) is 4.79. The molecule has 1 nitrogen and oxygen atoms in total. The van der Waals surface area contributed by atoms with Crippen LogP contribution in [0.1, 0.15) is 31.9 Å². The summed E-state index contributed by atoms with van der Waals surface area (Å²) in [6.45, 7) is 6.79. The molecule has 0 N–H and O–H groups in total. The number of fused-ring (bicyclic) bond motifs is 3.